The van der Waals surface area contributed by atoms with E-state index in [0.717, 1.165) is 11.6 Å². The van der Waals surface area contributed by atoms with Gasteiger partial charge in [-0.1, -0.05) is 26.3 Å². The number of aryl methyl sites for hydroxylation is 1. The Balaban J connectivity index is 2.31. The number of nitro benzene ring substituents is 1. The van der Waals surface area contributed by atoms with Gasteiger partial charge in [-0.2, -0.15) is 0 Å². The molecule has 1 amide bonds. The third-order valence-corrected chi connectivity index (χ3v) is 10.2. The zero-order valence-electron chi connectivity index (χ0n) is 17.7. The summed E-state index contributed by atoms with van der Waals surface area (Å²) in [6.07, 6.45) is 2.42. The highest BCUT2D eigenvalue weighted by atomic mass is 28.4. The summed E-state index contributed by atoms with van der Waals surface area (Å²) in [4.78, 5) is 25.5. The molecule has 8 heteroatoms. The van der Waals surface area contributed by atoms with Crippen LogP contribution in [0.4, 0.5) is 5.69 Å². The van der Waals surface area contributed by atoms with Gasteiger partial charge in [-0.05, 0) is 50.0 Å². The van der Waals surface area contributed by atoms with Crippen molar-refractivity contribution in [3.05, 3.63) is 45.1 Å². The van der Waals surface area contributed by atoms with Crippen LogP contribution in [0, 0.1) is 17.0 Å². The first kappa shape index (κ1) is 22.1. The molecular weight excluding hydrogens is 376 g/mol. The number of nitro groups is 1. The number of aromatic hydroxyl groups is 1. The molecule has 0 radical (unpaired) electrons. The standard InChI is InChI=1S/C20H30N2O5Si/c1-13-8-15(12-27-28(6,7)20(3,4)5)21(11-13)19(24)16-9-14(2)18(23)10-17(16)22(25)26/h9-11,15,23H,8,12H2,1-7H3/t15-/m0/s1. The van der Waals surface area contributed by atoms with Gasteiger partial charge in [0.15, 0.2) is 8.32 Å². The number of hydrogen-bond donors (Lipinski definition) is 1. The van der Waals surface area contributed by atoms with E-state index in [4.69, 9.17) is 4.43 Å². The van der Waals surface area contributed by atoms with Gasteiger partial charge >= 0.3 is 0 Å². The minimum absolute atomic E-state index is 0.0245. The molecule has 7 nitrogen and oxygen atoms in total. The summed E-state index contributed by atoms with van der Waals surface area (Å²) in [6, 6.07) is 2.22. The van der Waals surface area contributed by atoms with Crippen molar-refractivity contribution in [3.63, 3.8) is 0 Å². The molecule has 0 aromatic heterocycles. The lowest BCUT2D eigenvalue weighted by molar-refractivity contribution is -0.385. The molecule has 1 aromatic carbocycles. The molecule has 1 N–H and O–H groups in total. The van der Waals surface area contributed by atoms with Gasteiger partial charge in [-0.3, -0.25) is 14.9 Å². The number of carbonyl (C=O) groups excluding carboxylic acids is 1. The Kier molecular flexibility index (Phi) is 6.06. The largest absolute Gasteiger partial charge is 0.507 e. The molecule has 0 unspecified atom stereocenters. The summed E-state index contributed by atoms with van der Waals surface area (Å²) < 4.78 is 6.30. The molecule has 0 fully saturated rings. The van der Waals surface area contributed by atoms with Crippen LogP contribution < -0.4 is 0 Å². The fourth-order valence-corrected chi connectivity index (χ4v) is 3.94. The number of carbonyl (C=O) groups is 1. The van der Waals surface area contributed by atoms with Crippen molar-refractivity contribution < 1.29 is 19.3 Å². The van der Waals surface area contributed by atoms with Gasteiger partial charge in [0.25, 0.3) is 11.6 Å². The van der Waals surface area contributed by atoms with Crippen LogP contribution in [0.25, 0.3) is 0 Å². The lowest BCUT2D eigenvalue weighted by Gasteiger charge is -2.38. The van der Waals surface area contributed by atoms with Gasteiger partial charge in [0.05, 0.1) is 23.6 Å². The molecule has 0 bridgehead atoms. The number of phenols is 1. The number of hydrogen-bond acceptors (Lipinski definition) is 5. The summed E-state index contributed by atoms with van der Waals surface area (Å²) in [6.45, 7) is 14.7. The second kappa shape index (κ2) is 7.67. The number of nitrogens with zero attached hydrogens (tertiary/aromatic N) is 2. The zero-order valence-corrected chi connectivity index (χ0v) is 18.7. The van der Waals surface area contributed by atoms with E-state index in [1.807, 2.05) is 6.92 Å². The Labute approximate surface area is 167 Å². The number of benzene rings is 1. The number of amides is 1. The van der Waals surface area contributed by atoms with Crippen molar-refractivity contribution in [1.29, 1.82) is 0 Å². The molecule has 1 aromatic rings. The highest BCUT2D eigenvalue weighted by Gasteiger charge is 2.39. The van der Waals surface area contributed by atoms with Crippen LogP contribution in [0.2, 0.25) is 18.1 Å². The third-order valence-electron chi connectivity index (χ3n) is 5.73. The highest BCUT2D eigenvalue weighted by molar-refractivity contribution is 6.74. The summed E-state index contributed by atoms with van der Waals surface area (Å²) >= 11 is 0. The molecular formula is C20H30N2O5Si. The van der Waals surface area contributed by atoms with Crippen LogP contribution in [-0.4, -0.2) is 41.8 Å². The van der Waals surface area contributed by atoms with E-state index in [9.17, 15) is 20.0 Å². The van der Waals surface area contributed by atoms with Gasteiger partial charge in [0, 0.05) is 6.20 Å². The Hall–Kier alpha value is -2.19. The van der Waals surface area contributed by atoms with Gasteiger partial charge in [0.2, 0.25) is 0 Å². The van der Waals surface area contributed by atoms with E-state index < -0.39 is 24.8 Å². The topological polar surface area (TPSA) is 92.9 Å². The van der Waals surface area contributed by atoms with E-state index in [0.29, 0.717) is 18.6 Å². The van der Waals surface area contributed by atoms with Crippen LogP contribution >= 0.6 is 0 Å². The first-order valence-electron chi connectivity index (χ1n) is 9.36. The Morgan fingerprint density at radius 2 is 1.96 bits per heavy atom. The summed E-state index contributed by atoms with van der Waals surface area (Å²) in [7, 11) is -1.99. The predicted molar refractivity (Wildman–Crippen MR) is 111 cm³/mol. The normalized spacial score (nSPS) is 17.6. The van der Waals surface area contributed by atoms with Crippen LogP contribution in [0.5, 0.6) is 5.75 Å². The fourth-order valence-electron chi connectivity index (χ4n) is 2.90. The van der Waals surface area contributed by atoms with Crippen LogP contribution in [0.3, 0.4) is 0 Å². The summed E-state index contributed by atoms with van der Waals surface area (Å²) in [5, 5.41) is 21.3. The van der Waals surface area contributed by atoms with Gasteiger partial charge in [-0.25, -0.2) is 0 Å². The fraction of sp³-hybridized carbons (Fsp3) is 0.550. The minimum Gasteiger partial charge on any atom is -0.507 e. The quantitative estimate of drug-likeness (QED) is 0.433. The van der Waals surface area contributed by atoms with Gasteiger partial charge < -0.3 is 14.4 Å². The van der Waals surface area contributed by atoms with Crippen LogP contribution in [0.1, 0.15) is 50.0 Å². The molecule has 0 aliphatic carbocycles. The van der Waals surface area contributed by atoms with Crippen LogP contribution in [0.15, 0.2) is 23.9 Å². The summed E-state index contributed by atoms with van der Waals surface area (Å²) in [5.74, 6) is -0.648. The smallest absolute Gasteiger partial charge is 0.285 e. The first-order chi connectivity index (χ1) is 12.7. The van der Waals surface area contributed by atoms with E-state index in [-0.39, 0.29) is 22.4 Å². The van der Waals surface area contributed by atoms with Gasteiger partial charge in [0.1, 0.15) is 11.3 Å². The minimum atomic E-state index is -1.99. The average Bonchev–Trinajstić information content (AvgIpc) is 2.94. The second-order valence-electron chi connectivity index (χ2n) is 9.03. The first-order valence-corrected chi connectivity index (χ1v) is 12.3. The second-order valence-corrected chi connectivity index (χ2v) is 13.8. The van der Waals surface area contributed by atoms with Crippen molar-refractivity contribution in [2.24, 2.45) is 0 Å². The maximum atomic E-state index is 13.2. The number of phenolic OH excluding ortho intramolecular Hbond substituents is 1. The van der Waals surface area contributed by atoms with E-state index >= 15 is 0 Å². The Bertz CT molecular complexity index is 827. The lowest BCUT2D eigenvalue weighted by Crippen LogP contribution is -2.45. The molecule has 1 aliphatic rings. The lowest BCUT2D eigenvalue weighted by atomic mass is 10.1. The Morgan fingerprint density at radius 3 is 2.50 bits per heavy atom. The monoisotopic (exact) mass is 406 g/mol. The molecule has 0 spiro atoms. The van der Waals surface area contributed by atoms with Crippen molar-refractivity contribution >= 4 is 19.9 Å². The SMILES string of the molecule is CC1=CN(C(=O)c2cc(C)c(O)cc2[N+](=O)[O-])[C@H](CO[Si](C)(C)C(C)(C)C)C1. The third kappa shape index (κ3) is 4.44. The van der Waals surface area contributed by atoms with Crippen molar-refractivity contribution in [3.8, 4) is 5.75 Å². The van der Waals surface area contributed by atoms with Gasteiger partial charge in [-0.15, -0.1) is 0 Å². The van der Waals surface area contributed by atoms with Crippen molar-refractivity contribution in [1.82, 2.24) is 4.90 Å². The molecule has 2 rings (SSSR count). The molecule has 28 heavy (non-hydrogen) atoms. The van der Waals surface area contributed by atoms with E-state index in [1.54, 1.807) is 18.0 Å². The van der Waals surface area contributed by atoms with Crippen molar-refractivity contribution in [2.45, 2.75) is 65.2 Å². The average molecular weight is 407 g/mol. The zero-order chi connectivity index (χ0) is 21.4. The van der Waals surface area contributed by atoms with Crippen molar-refractivity contribution in [2.75, 3.05) is 6.61 Å². The van der Waals surface area contributed by atoms with E-state index in [1.165, 1.54) is 6.07 Å². The van der Waals surface area contributed by atoms with Crippen LogP contribution in [-0.2, 0) is 4.43 Å². The molecule has 1 atom stereocenters. The highest BCUT2D eigenvalue weighted by Crippen LogP contribution is 2.38. The molecule has 0 saturated heterocycles. The molecule has 0 saturated carbocycles. The molecule has 154 valence electrons. The molecule has 1 heterocycles. The summed E-state index contributed by atoms with van der Waals surface area (Å²) in [5.41, 5.74) is 1.02. The van der Waals surface area contributed by atoms with E-state index in [2.05, 4.69) is 33.9 Å². The maximum absolute atomic E-state index is 13.2. The maximum Gasteiger partial charge on any atom is 0.285 e. The number of rotatable bonds is 5. The molecule has 1 aliphatic heterocycles. The predicted octanol–water partition coefficient (Wildman–Crippen LogP) is 4.75. The Morgan fingerprint density at radius 1 is 1.36 bits per heavy atom.